The summed E-state index contributed by atoms with van der Waals surface area (Å²) in [5.41, 5.74) is 0.660. The Morgan fingerprint density at radius 2 is 2.29 bits per heavy atom. The summed E-state index contributed by atoms with van der Waals surface area (Å²) in [6.07, 6.45) is 5.09. The smallest absolute Gasteiger partial charge is 0.251 e. The van der Waals surface area contributed by atoms with Crippen LogP contribution in [0.3, 0.4) is 0 Å². The zero-order chi connectivity index (χ0) is 15.1. The van der Waals surface area contributed by atoms with Gasteiger partial charge in [0.1, 0.15) is 5.75 Å². The average Bonchev–Trinajstić information content (AvgIpc) is 2.53. The van der Waals surface area contributed by atoms with Crippen molar-refractivity contribution >= 4 is 5.91 Å². The first-order valence-electron chi connectivity index (χ1n) is 7.97. The molecule has 116 valence electrons. The highest BCUT2D eigenvalue weighted by atomic mass is 16.5. The predicted octanol–water partition coefficient (Wildman–Crippen LogP) is 1.27. The van der Waals surface area contributed by atoms with E-state index in [-0.39, 0.29) is 5.91 Å². The number of ether oxygens (including phenoxy) is 1. The minimum absolute atomic E-state index is 0.0180. The fourth-order valence-electron chi connectivity index (χ4n) is 3.01. The third kappa shape index (κ3) is 4.74. The van der Waals surface area contributed by atoms with Gasteiger partial charge in [0.15, 0.2) is 0 Å². The largest absolute Gasteiger partial charge is 0.497 e. The number of carbonyl (C=O) groups excluding carboxylic acids is 1. The molecular weight excluding hydrogens is 264 g/mol. The second kappa shape index (κ2) is 8.03. The van der Waals surface area contributed by atoms with Crippen LogP contribution in [0.2, 0.25) is 0 Å². The van der Waals surface area contributed by atoms with E-state index >= 15 is 0 Å². The number of methoxy groups -OCH3 is 1. The summed E-state index contributed by atoms with van der Waals surface area (Å²) in [5, 5.41) is 3.00. The van der Waals surface area contributed by atoms with Crippen molar-refractivity contribution in [3.8, 4) is 5.75 Å². The van der Waals surface area contributed by atoms with Crippen LogP contribution >= 0.6 is 0 Å². The third-order valence-electron chi connectivity index (χ3n) is 4.37. The lowest BCUT2D eigenvalue weighted by Crippen LogP contribution is -3.16. The quantitative estimate of drug-likeness (QED) is 0.775. The molecule has 1 fully saturated rings. The van der Waals surface area contributed by atoms with E-state index in [4.69, 9.17) is 4.74 Å². The van der Waals surface area contributed by atoms with Crippen LogP contribution in [0.1, 0.15) is 43.0 Å². The predicted molar refractivity (Wildman–Crippen MR) is 84.0 cm³/mol. The molecule has 1 heterocycles. The third-order valence-corrected chi connectivity index (χ3v) is 4.37. The van der Waals surface area contributed by atoms with Crippen LogP contribution in [0, 0.1) is 0 Å². The number of nitrogens with one attached hydrogen (secondary N) is 2. The van der Waals surface area contributed by atoms with Gasteiger partial charge < -0.3 is 15.0 Å². The Morgan fingerprint density at radius 1 is 1.43 bits per heavy atom. The van der Waals surface area contributed by atoms with Crippen LogP contribution in [0.15, 0.2) is 24.3 Å². The zero-order valence-corrected chi connectivity index (χ0v) is 13.2. The molecule has 1 aliphatic rings. The summed E-state index contributed by atoms with van der Waals surface area (Å²) >= 11 is 0. The van der Waals surface area contributed by atoms with Gasteiger partial charge in [0, 0.05) is 18.5 Å². The van der Waals surface area contributed by atoms with Crippen molar-refractivity contribution in [2.24, 2.45) is 0 Å². The number of carbonyl (C=O) groups is 1. The van der Waals surface area contributed by atoms with E-state index in [1.807, 2.05) is 18.2 Å². The van der Waals surface area contributed by atoms with Crippen LogP contribution in [0.25, 0.3) is 0 Å². The fourth-order valence-corrected chi connectivity index (χ4v) is 3.01. The van der Waals surface area contributed by atoms with Gasteiger partial charge in [-0.25, -0.2) is 0 Å². The molecule has 0 aliphatic carbocycles. The Labute approximate surface area is 127 Å². The molecule has 4 heteroatoms. The molecule has 21 heavy (non-hydrogen) atoms. The molecule has 2 N–H and O–H groups in total. The van der Waals surface area contributed by atoms with Gasteiger partial charge >= 0.3 is 0 Å². The Morgan fingerprint density at radius 3 is 3.05 bits per heavy atom. The van der Waals surface area contributed by atoms with Gasteiger partial charge in [0.05, 0.1) is 26.2 Å². The van der Waals surface area contributed by atoms with Gasteiger partial charge in [-0.15, -0.1) is 0 Å². The molecule has 0 bridgehead atoms. The Balaban J connectivity index is 1.71. The Hall–Kier alpha value is -1.55. The molecule has 0 saturated carbocycles. The van der Waals surface area contributed by atoms with Crippen molar-refractivity contribution in [1.82, 2.24) is 5.32 Å². The molecule has 2 rings (SSSR count). The zero-order valence-electron chi connectivity index (χ0n) is 13.2. The summed E-state index contributed by atoms with van der Waals surface area (Å²) in [6, 6.07) is 8.04. The molecule has 1 aliphatic heterocycles. The lowest BCUT2D eigenvalue weighted by Gasteiger charge is -2.30. The molecule has 1 saturated heterocycles. The number of benzene rings is 1. The van der Waals surface area contributed by atoms with Crippen LogP contribution in [-0.4, -0.2) is 38.7 Å². The number of quaternary nitrogens is 1. The minimum atomic E-state index is -0.0180. The van der Waals surface area contributed by atoms with E-state index in [2.05, 4.69) is 12.2 Å². The summed E-state index contributed by atoms with van der Waals surface area (Å²) in [4.78, 5) is 13.7. The molecule has 0 spiro atoms. The highest BCUT2D eigenvalue weighted by Crippen LogP contribution is 2.12. The molecular formula is C17H27N2O2+. The average molecular weight is 291 g/mol. The normalized spacial score (nSPS) is 21.8. The Kier molecular flexibility index (Phi) is 6.05. The fraction of sp³-hybridized carbons (Fsp3) is 0.588. The molecule has 0 radical (unpaired) electrons. The van der Waals surface area contributed by atoms with Gasteiger partial charge in [0.2, 0.25) is 0 Å². The monoisotopic (exact) mass is 291 g/mol. The number of likely N-dealkylation sites (tertiary alicyclic amines) is 1. The van der Waals surface area contributed by atoms with Crippen LogP contribution < -0.4 is 15.0 Å². The summed E-state index contributed by atoms with van der Waals surface area (Å²) in [5.74, 6) is 0.699. The van der Waals surface area contributed by atoms with Gasteiger partial charge in [-0.3, -0.25) is 4.79 Å². The Bertz CT molecular complexity index is 462. The first-order chi connectivity index (χ1) is 10.2. The molecule has 1 aromatic carbocycles. The molecule has 1 unspecified atom stereocenters. The number of piperidine rings is 1. The van der Waals surface area contributed by atoms with Crippen molar-refractivity contribution in [1.29, 1.82) is 0 Å². The highest BCUT2D eigenvalue weighted by Gasteiger charge is 2.20. The molecule has 0 aromatic heterocycles. The first-order valence-corrected chi connectivity index (χ1v) is 7.97. The second-order valence-corrected chi connectivity index (χ2v) is 5.90. The van der Waals surface area contributed by atoms with Crippen molar-refractivity contribution in [2.45, 2.75) is 38.6 Å². The van der Waals surface area contributed by atoms with Crippen LogP contribution in [0.5, 0.6) is 5.75 Å². The topological polar surface area (TPSA) is 42.8 Å². The summed E-state index contributed by atoms with van der Waals surface area (Å²) in [7, 11) is 1.61. The lowest BCUT2D eigenvalue weighted by atomic mass is 10.0. The van der Waals surface area contributed by atoms with E-state index in [1.165, 1.54) is 25.8 Å². The number of amides is 1. The number of hydrogen-bond acceptors (Lipinski definition) is 2. The lowest BCUT2D eigenvalue weighted by molar-refractivity contribution is -0.928. The van der Waals surface area contributed by atoms with Crippen molar-refractivity contribution in [2.75, 3.05) is 26.7 Å². The molecule has 2 atom stereocenters. The summed E-state index contributed by atoms with van der Waals surface area (Å²) < 4.78 is 5.14. The number of rotatable bonds is 6. The van der Waals surface area contributed by atoms with Gasteiger partial charge in [0.25, 0.3) is 5.91 Å². The maximum absolute atomic E-state index is 12.1. The van der Waals surface area contributed by atoms with E-state index in [9.17, 15) is 4.79 Å². The van der Waals surface area contributed by atoms with Gasteiger partial charge in [-0.05, 0) is 44.4 Å². The molecule has 1 aromatic rings. The molecule has 1 amide bonds. The van der Waals surface area contributed by atoms with Gasteiger partial charge in [-0.2, -0.15) is 0 Å². The van der Waals surface area contributed by atoms with E-state index in [0.717, 1.165) is 25.6 Å². The van der Waals surface area contributed by atoms with Gasteiger partial charge in [-0.1, -0.05) is 6.07 Å². The standard InChI is InChI=1S/C17H26N2O2/c1-14-7-3-4-11-19(14)12-6-10-18-17(20)15-8-5-9-16(13-15)21-2/h5,8-9,13-14H,3-4,6-7,10-12H2,1-2H3,(H,18,20)/p+1/t14-/m1/s1. The number of hydrogen-bond donors (Lipinski definition) is 2. The van der Waals surface area contributed by atoms with Crippen molar-refractivity contribution < 1.29 is 14.4 Å². The minimum Gasteiger partial charge on any atom is -0.497 e. The van der Waals surface area contributed by atoms with E-state index in [0.29, 0.717) is 11.3 Å². The van der Waals surface area contributed by atoms with E-state index < -0.39 is 0 Å². The van der Waals surface area contributed by atoms with Crippen LogP contribution in [-0.2, 0) is 0 Å². The highest BCUT2D eigenvalue weighted by molar-refractivity contribution is 5.94. The van der Waals surface area contributed by atoms with E-state index in [1.54, 1.807) is 18.1 Å². The van der Waals surface area contributed by atoms with Crippen molar-refractivity contribution in [3.63, 3.8) is 0 Å². The first kappa shape index (κ1) is 15.8. The molecule has 4 nitrogen and oxygen atoms in total. The second-order valence-electron chi connectivity index (χ2n) is 5.90. The van der Waals surface area contributed by atoms with Crippen LogP contribution in [0.4, 0.5) is 0 Å². The van der Waals surface area contributed by atoms with Crippen molar-refractivity contribution in [3.05, 3.63) is 29.8 Å². The SMILES string of the molecule is COc1cccc(C(=O)NCCC[NH+]2CCCC[C@H]2C)c1. The maximum Gasteiger partial charge on any atom is 0.251 e. The summed E-state index contributed by atoms with van der Waals surface area (Å²) in [6.45, 7) is 5.51. The maximum atomic E-state index is 12.1.